The van der Waals surface area contributed by atoms with Gasteiger partial charge in [0.15, 0.2) is 0 Å². The highest BCUT2D eigenvalue weighted by molar-refractivity contribution is 6.32. The van der Waals surface area contributed by atoms with E-state index in [0.29, 0.717) is 17.2 Å². The van der Waals surface area contributed by atoms with Crippen LogP contribution in [0.3, 0.4) is 0 Å². The van der Waals surface area contributed by atoms with Crippen molar-refractivity contribution in [2.45, 2.75) is 38.5 Å². The van der Waals surface area contributed by atoms with Crippen LogP contribution in [0, 0.1) is 11.3 Å². The number of nitriles is 1. The van der Waals surface area contributed by atoms with Gasteiger partial charge in [0.25, 0.3) is 0 Å². The third-order valence-electron chi connectivity index (χ3n) is 3.38. The standard InChI is InChI=1S/C14H16ClNO/c1-17-14-12(7-8-16)11-6-4-2-3-5-10(11)9-13(14)15/h9H,2-7H2,1H3. The second-order valence-corrected chi connectivity index (χ2v) is 4.81. The fourth-order valence-electron chi connectivity index (χ4n) is 2.60. The van der Waals surface area contributed by atoms with Gasteiger partial charge < -0.3 is 4.74 Å². The number of aryl methyl sites for hydroxylation is 1. The zero-order valence-electron chi connectivity index (χ0n) is 10.1. The average molecular weight is 250 g/mol. The highest BCUT2D eigenvalue weighted by atomic mass is 35.5. The Labute approximate surface area is 107 Å². The normalized spacial score (nSPS) is 14.6. The molecule has 0 aromatic heterocycles. The van der Waals surface area contributed by atoms with Crippen LogP contribution in [0.2, 0.25) is 5.02 Å². The first-order valence-electron chi connectivity index (χ1n) is 6.02. The fraction of sp³-hybridized carbons (Fsp3) is 0.500. The SMILES string of the molecule is COc1c(Cl)cc2c(c1CC#N)CCCCC2. The maximum absolute atomic E-state index is 8.95. The lowest BCUT2D eigenvalue weighted by molar-refractivity contribution is 0.410. The first-order chi connectivity index (χ1) is 8.27. The van der Waals surface area contributed by atoms with Gasteiger partial charge in [-0.2, -0.15) is 5.26 Å². The van der Waals surface area contributed by atoms with E-state index in [9.17, 15) is 0 Å². The van der Waals surface area contributed by atoms with Crippen molar-refractivity contribution in [1.29, 1.82) is 5.26 Å². The predicted octanol–water partition coefficient (Wildman–Crippen LogP) is 3.68. The van der Waals surface area contributed by atoms with Crippen molar-refractivity contribution in [2.75, 3.05) is 7.11 Å². The van der Waals surface area contributed by atoms with Gasteiger partial charge in [0.05, 0.1) is 24.6 Å². The molecule has 0 N–H and O–H groups in total. The molecular formula is C14H16ClNO. The molecule has 0 radical (unpaired) electrons. The molecule has 1 aliphatic carbocycles. The maximum Gasteiger partial charge on any atom is 0.141 e. The minimum atomic E-state index is 0.381. The van der Waals surface area contributed by atoms with E-state index in [0.717, 1.165) is 18.4 Å². The number of hydrogen-bond donors (Lipinski definition) is 0. The van der Waals surface area contributed by atoms with Crippen LogP contribution >= 0.6 is 11.6 Å². The van der Waals surface area contributed by atoms with Crippen LogP contribution in [-0.4, -0.2) is 7.11 Å². The lowest BCUT2D eigenvalue weighted by Gasteiger charge is -2.16. The molecule has 0 spiro atoms. The summed E-state index contributed by atoms with van der Waals surface area (Å²) in [6.45, 7) is 0. The van der Waals surface area contributed by atoms with Crippen molar-refractivity contribution in [3.63, 3.8) is 0 Å². The second-order valence-electron chi connectivity index (χ2n) is 4.40. The summed E-state index contributed by atoms with van der Waals surface area (Å²) in [6.07, 6.45) is 6.14. The van der Waals surface area contributed by atoms with Gasteiger partial charge in [-0.3, -0.25) is 0 Å². The van der Waals surface area contributed by atoms with Gasteiger partial charge in [0, 0.05) is 5.56 Å². The van der Waals surface area contributed by atoms with E-state index in [1.54, 1.807) is 7.11 Å². The molecule has 0 unspecified atom stereocenters. The Bertz CT molecular complexity index is 462. The largest absolute Gasteiger partial charge is 0.495 e. The molecule has 0 amide bonds. The van der Waals surface area contributed by atoms with Gasteiger partial charge in [0.2, 0.25) is 0 Å². The Morgan fingerprint density at radius 1 is 1.35 bits per heavy atom. The smallest absolute Gasteiger partial charge is 0.141 e. The summed E-state index contributed by atoms with van der Waals surface area (Å²) >= 11 is 6.22. The highest BCUT2D eigenvalue weighted by Crippen LogP contribution is 2.36. The van der Waals surface area contributed by atoms with Crippen LogP contribution in [0.1, 0.15) is 36.0 Å². The topological polar surface area (TPSA) is 33.0 Å². The first-order valence-corrected chi connectivity index (χ1v) is 6.39. The third-order valence-corrected chi connectivity index (χ3v) is 3.66. The van der Waals surface area contributed by atoms with E-state index < -0.39 is 0 Å². The molecule has 90 valence electrons. The summed E-state index contributed by atoms with van der Waals surface area (Å²) in [5.74, 6) is 0.689. The summed E-state index contributed by atoms with van der Waals surface area (Å²) in [5, 5.41) is 9.59. The van der Waals surface area contributed by atoms with Crippen molar-refractivity contribution in [3.05, 3.63) is 27.8 Å². The van der Waals surface area contributed by atoms with E-state index in [1.165, 1.54) is 30.4 Å². The number of rotatable bonds is 2. The zero-order chi connectivity index (χ0) is 12.3. The summed E-state index contributed by atoms with van der Waals surface area (Å²) in [6, 6.07) is 4.23. The molecule has 17 heavy (non-hydrogen) atoms. The van der Waals surface area contributed by atoms with Gasteiger partial charge in [-0.1, -0.05) is 18.0 Å². The molecule has 1 aromatic carbocycles. The van der Waals surface area contributed by atoms with E-state index in [4.69, 9.17) is 21.6 Å². The monoisotopic (exact) mass is 249 g/mol. The van der Waals surface area contributed by atoms with Crippen LogP contribution < -0.4 is 4.74 Å². The second kappa shape index (κ2) is 5.42. The number of hydrogen-bond acceptors (Lipinski definition) is 2. The summed E-state index contributed by atoms with van der Waals surface area (Å²) < 4.78 is 5.35. The molecular weight excluding hydrogens is 234 g/mol. The van der Waals surface area contributed by atoms with Crippen molar-refractivity contribution < 1.29 is 4.74 Å². The third kappa shape index (κ3) is 2.40. The van der Waals surface area contributed by atoms with Crippen LogP contribution in [0.5, 0.6) is 5.75 Å². The molecule has 0 fully saturated rings. The van der Waals surface area contributed by atoms with Crippen LogP contribution in [0.15, 0.2) is 6.07 Å². The lowest BCUT2D eigenvalue weighted by Crippen LogP contribution is -2.02. The fourth-order valence-corrected chi connectivity index (χ4v) is 2.92. The van der Waals surface area contributed by atoms with Crippen molar-refractivity contribution in [2.24, 2.45) is 0 Å². The van der Waals surface area contributed by atoms with E-state index in [-0.39, 0.29) is 0 Å². The van der Waals surface area contributed by atoms with Crippen LogP contribution in [0.4, 0.5) is 0 Å². The summed E-state index contributed by atoms with van der Waals surface area (Å²) in [4.78, 5) is 0. The molecule has 0 saturated heterocycles. The Hall–Kier alpha value is -1.20. The summed E-state index contributed by atoms with van der Waals surface area (Å²) in [5.41, 5.74) is 3.60. The van der Waals surface area contributed by atoms with E-state index in [1.807, 2.05) is 6.07 Å². The molecule has 2 nitrogen and oxygen atoms in total. The maximum atomic E-state index is 8.95. The number of halogens is 1. The number of ether oxygens (including phenoxy) is 1. The van der Waals surface area contributed by atoms with Crippen molar-refractivity contribution in [1.82, 2.24) is 0 Å². The van der Waals surface area contributed by atoms with Gasteiger partial charge in [0.1, 0.15) is 5.75 Å². The van der Waals surface area contributed by atoms with Gasteiger partial charge in [-0.05, 0) is 42.9 Å². The van der Waals surface area contributed by atoms with Gasteiger partial charge >= 0.3 is 0 Å². The number of fused-ring (bicyclic) bond motifs is 1. The molecule has 0 heterocycles. The Morgan fingerprint density at radius 2 is 2.12 bits per heavy atom. The molecule has 3 heteroatoms. The number of benzene rings is 1. The number of methoxy groups -OCH3 is 1. The van der Waals surface area contributed by atoms with Crippen LogP contribution in [0.25, 0.3) is 0 Å². The summed E-state index contributed by atoms with van der Waals surface area (Å²) in [7, 11) is 1.62. The zero-order valence-corrected chi connectivity index (χ0v) is 10.8. The van der Waals surface area contributed by atoms with Crippen molar-refractivity contribution in [3.8, 4) is 11.8 Å². The molecule has 0 atom stereocenters. The molecule has 2 rings (SSSR count). The quantitative estimate of drug-likeness (QED) is 0.749. The molecule has 1 aliphatic rings. The minimum Gasteiger partial charge on any atom is -0.495 e. The van der Waals surface area contributed by atoms with Gasteiger partial charge in [-0.25, -0.2) is 0 Å². The number of nitrogens with zero attached hydrogens (tertiary/aromatic N) is 1. The molecule has 0 aliphatic heterocycles. The van der Waals surface area contributed by atoms with Crippen molar-refractivity contribution >= 4 is 11.6 Å². The Morgan fingerprint density at radius 3 is 2.82 bits per heavy atom. The van der Waals surface area contributed by atoms with Gasteiger partial charge in [-0.15, -0.1) is 0 Å². The lowest BCUT2D eigenvalue weighted by atomic mass is 9.94. The Kier molecular flexibility index (Phi) is 3.91. The predicted molar refractivity (Wildman–Crippen MR) is 68.6 cm³/mol. The van der Waals surface area contributed by atoms with E-state index in [2.05, 4.69) is 6.07 Å². The minimum absolute atomic E-state index is 0.381. The molecule has 0 saturated carbocycles. The highest BCUT2D eigenvalue weighted by Gasteiger charge is 2.19. The first kappa shape index (κ1) is 12.3. The average Bonchev–Trinajstić information content (AvgIpc) is 2.54. The molecule has 0 bridgehead atoms. The van der Waals surface area contributed by atoms with E-state index >= 15 is 0 Å². The van der Waals surface area contributed by atoms with Crippen LogP contribution in [-0.2, 0) is 19.3 Å². The molecule has 1 aromatic rings. The Balaban J connectivity index is 2.58.